The van der Waals surface area contributed by atoms with E-state index in [-0.39, 0.29) is 0 Å². The molecule has 0 unspecified atom stereocenters. The van der Waals surface area contributed by atoms with E-state index in [9.17, 15) is 4.79 Å². The number of carboxylic acids is 1. The number of hydrazine groups is 2. The molecule has 0 saturated heterocycles. The first-order chi connectivity index (χ1) is 6.67. The molecule has 0 saturated carbocycles. The molecule has 6 heteroatoms. The van der Waals surface area contributed by atoms with Crippen molar-refractivity contribution in [1.29, 1.82) is 0 Å². The monoisotopic (exact) mass is 204 g/mol. The summed E-state index contributed by atoms with van der Waals surface area (Å²) >= 11 is 0. The van der Waals surface area contributed by atoms with Crippen LogP contribution in [0, 0.1) is 0 Å². The zero-order chi connectivity index (χ0) is 11.0. The number of nitrogens with two attached hydrogens (primary N) is 1. The van der Waals surface area contributed by atoms with E-state index in [4.69, 9.17) is 10.8 Å². The highest BCUT2D eigenvalue weighted by Crippen LogP contribution is 2.04. The van der Waals surface area contributed by atoms with E-state index in [0.717, 1.165) is 12.8 Å². The average molecular weight is 204 g/mol. The Hall–Kier alpha value is -0.690. The maximum absolute atomic E-state index is 10.9. The highest BCUT2D eigenvalue weighted by atomic mass is 16.4. The van der Waals surface area contributed by atoms with Gasteiger partial charge in [-0.15, -0.1) is 0 Å². The molecule has 0 aliphatic rings. The molecule has 0 bridgehead atoms. The smallest absolute Gasteiger partial charge is 0.323 e. The molecule has 0 aromatic heterocycles. The first-order valence-corrected chi connectivity index (χ1v) is 4.74. The standard InChI is InChI=1S/C8H20N4O2/c1-10-12(11-2)7(8(13)14)5-3-4-6-9/h7,10-11H,3-6,9H2,1-2H3,(H,13,14)/t7-/m0/s1. The highest BCUT2D eigenvalue weighted by molar-refractivity contribution is 5.73. The van der Waals surface area contributed by atoms with Crippen LogP contribution in [-0.2, 0) is 4.79 Å². The van der Waals surface area contributed by atoms with Gasteiger partial charge in [0, 0.05) is 14.1 Å². The minimum atomic E-state index is -0.842. The van der Waals surface area contributed by atoms with Gasteiger partial charge in [-0.05, 0) is 25.8 Å². The third-order valence-electron chi connectivity index (χ3n) is 2.01. The van der Waals surface area contributed by atoms with Crippen LogP contribution in [0.3, 0.4) is 0 Å². The second kappa shape index (κ2) is 7.69. The normalized spacial score (nSPS) is 13.1. The zero-order valence-electron chi connectivity index (χ0n) is 8.79. The van der Waals surface area contributed by atoms with Crippen molar-refractivity contribution < 1.29 is 9.90 Å². The van der Waals surface area contributed by atoms with E-state index in [1.165, 1.54) is 5.12 Å². The molecule has 84 valence electrons. The van der Waals surface area contributed by atoms with Crippen molar-refractivity contribution in [2.75, 3.05) is 20.6 Å². The summed E-state index contributed by atoms with van der Waals surface area (Å²) in [5, 5.41) is 10.4. The van der Waals surface area contributed by atoms with Crippen molar-refractivity contribution >= 4 is 5.97 Å². The molecule has 0 radical (unpaired) electrons. The highest BCUT2D eigenvalue weighted by Gasteiger charge is 2.22. The second-order valence-corrected chi connectivity index (χ2v) is 2.96. The number of nitrogens with zero attached hydrogens (tertiary/aromatic N) is 1. The van der Waals surface area contributed by atoms with Crippen molar-refractivity contribution in [2.45, 2.75) is 25.3 Å². The fourth-order valence-electron chi connectivity index (χ4n) is 1.27. The van der Waals surface area contributed by atoms with Crippen molar-refractivity contribution in [2.24, 2.45) is 5.73 Å². The van der Waals surface area contributed by atoms with Gasteiger partial charge in [0.2, 0.25) is 0 Å². The molecular weight excluding hydrogens is 184 g/mol. The van der Waals surface area contributed by atoms with Gasteiger partial charge >= 0.3 is 5.97 Å². The topological polar surface area (TPSA) is 90.6 Å². The third-order valence-corrected chi connectivity index (χ3v) is 2.01. The summed E-state index contributed by atoms with van der Waals surface area (Å²) in [4.78, 5) is 10.9. The summed E-state index contributed by atoms with van der Waals surface area (Å²) < 4.78 is 0. The molecule has 1 atom stereocenters. The number of hydrogen-bond donors (Lipinski definition) is 4. The van der Waals surface area contributed by atoms with E-state index in [0.29, 0.717) is 13.0 Å². The van der Waals surface area contributed by atoms with Gasteiger partial charge in [-0.1, -0.05) is 0 Å². The molecule has 14 heavy (non-hydrogen) atoms. The van der Waals surface area contributed by atoms with Gasteiger partial charge in [0.25, 0.3) is 0 Å². The largest absolute Gasteiger partial charge is 0.480 e. The van der Waals surface area contributed by atoms with Crippen LogP contribution in [-0.4, -0.2) is 42.9 Å². The van der Waals surface area contributed by atoms with Gasteiger partial charge in [-0.2, -0.15) is 5.12 Å². The lowest BCUT2D eigenvalue weighted by molar-refractivity contribution is -0.146. The molecule has 0 aliphatic heterocycles. The molecule has 0 rings (SSSR count). The Kier molecular flexibility index (Phi) is 7.31. The molecule has 5 N–H and O–H groups in total. The summed E-state index contributed by atoms with van der Waals surface area (Å²) in [7, 11) is 3.35. The fourth-order valence-corrected chi connectivity index (χ4v) is 1.27. The molecule has 0 aromatic carbocycles. The van der Waals surface area contributed by atoms with Crippen LogP contribution in [0.1, 0.15) is 19.3 Å². The van der Waals surface area contributed by atoms with Crippen LogP contribution < -0.4 is 16.6 Å². The number of nitrogens with one attached hydrogen (secondary N) is 2. The SMILES string of the molecule is CNN(NC)[C@@H](CCCCN)C(=O)O. The number of aliphatic carboxylic acids is 1. The van der Waals surface area contributed by atoms with Crippen LogP contribution in [0.2, 0.25) is 0 Å². The van der Waals surface area contributed by atoms with Crippen molar-refractivity contribution in [1.82, 2.24) is 16.0 Å². The fraction of sp³-hybridized carbons (Fsp3) is 0.875. The molecule has 0 fully saturated rings. The molecule has 6 nitrogen and oxygen atoms in total. The lowest BCUT2D eigenvalue weighted by Gasteiger charge is -2.26. The molecular formula is C8H20N4O2. The van der Waals surface area contributed by atoms with Gasteiger partial charge in [0.1, 0.15) is 6.04 Å². The molecule has 0 aromatic rings. The number of rotatable bonds is 8. The predicted octanol–water partition coefficient (Wildman–Crippen LogP) is -0.861. The van der Waals surface area contributed by atoms with Crippen LogP contribution in [0.5, 0.6) is 0 Å². The number of carbonyl (C=O) groups is 1. The lowest BCUT2D eigenvalue weighted by Crippen LogP contribution is -2.54. The van der Waals surface area contributed by atoms with E-state index in [1.54, 1.807) is 14.1 Å². The van der Waals surface area contributed by atoms with Crippen LogP contribution in [0.25, 0.3) is 0 Å². The van der Waals surface area contributed by atoms with Crippen LogP contribution in [0.15, 0.2) is 0 Å². The first kappa shape index (κ1) is 13.3. The zero-order valence-corrected chi connectivity index (χ0v) is 8.79. The average Bonchev–Trinajstić information content (AvgIpc) is 2.17. The Balaban J connectivity index is 4.06. The quantitative estimate of drug-likeness (QED) is 0.304. The Morgan fingerprint density at radius 2 is 2.00 bits per heavy atom. The van der Waals surface area contributed by atoms with E-state index >= 15 is 0 Å². The van der Waals surface area contributed by atoms with Gasteiger partial charge < -0.3 is 10.8 Å². The number of unbranched alkanes of at least 4 members (excludes halogenated alkanes) is 1. The summed E-state index contributed by atoms with van der Waals surface area (Å²) in [6, 6.07) is -0.559. The Bertz CT molecular complexity index is 161. The van der Waals surface area contributed by atoms with Crippen molar-refractivity contribution in [3.63, 3.8) is 0 Å². The Morgan fingerprint density at radius 1 is 1.43 bits per heavy atom. The minimum Gasteiger partial charge on any atom is -0.480 e. The Labute approximate surface area is 84.4 Å². The maximum Gasteiger partial charge on any atom is 0.323 e. The van der Waals surface area contributed by atoms with E-state index in [2.05, 4.69) is 10.9 Å². The van der Waals surface area contributed by atoms with Crippen molar-refractivity contribution in [3.8, 4) is 0 Å². The molecule has 0 amide bonds. The van der Waals surface area contributed by atoms with Gasteiger partial charge in [-0.3, -0.25) is 4.79 Å². The minimum absolute atomic E-state index is 0.559. The first-order valence-electron chi connectivity index (χ1n) is 4.74. The number of hydrogen-bond acceptors (Lipinski definition) is 5. The predicted molar refractivity (Wildman–Crippen MR) is 54.3 cm³/mol. The van der Waals surface area contributed by atoms with Gasteiger partial charge in [0.15, 0.2) is 0 Å². The number of carboxylic acid groups (broad SMARTS) is 1. The summed E-state index contributed by atoms with van der Waals surface area (Å²) in [5.41, 5.74) is 10.9. The van der Waals surface area contributed by atoms with Gasteiger partial charge in [-0.25, -0.2) is 10.9 Å². The van der Waals surface area contributed by atoms with Crippen molar-refractivity contribution in [3.05, 3.63) is 0 Å². The maximum atomic E-state index is 10.9. The summed E-state index contributed by atoms with van der Waals surface area (Å²) in [6.45, 7) is 0.603. The van der Waals surface area contributed by atoms with E-state index < -0.39 is 12.0 Å². The lowest BCUT2D eigenvalue weighted by atomic mass is 10.1. The van der Waals surface area contributed by atoms with Crippen LogP contribution in [0.4, 0.5) is 0 Å². The summed E-state index contributed by atoms with van der Waals surface area (Å²) in [6.07, 6.45) is 2.24. The molecule has 0 heterocycles. The molecule has 0 aliphatic carbocycles. The van der Waals surface area contributed by atoms with E-state index in [1.807, 2.05) is 0 Å². The molecule has 0 spiro atoms. The Morgan fingerprint density at radius 3 is 2.36 bits per heavy atom. The van der Waals surface area contributed by atoms with Crippen LogP contribution >= 0.6 is 0 Å². The second-order valence-electron chi connectivity index (χ2n) is 2.96. The van der Waals surface area contributed by atoms with Gasteiger partial charge in [0.05, 0.1) is 0 Å². The third kappa shape index (κ3) is 4.52. The summed E-state index contributed by atoms with van der Waals surface area (Å²) in [5.74, 6) is -0.842.